The highest BCUT2D eigenvalue weighted by Crippen LogP contribution is 2.31. The van der Waals surface area contributed by atoms with Crippen molar-refractivity contribution in [2.75, 3.05) is 54.1 Å². The molecule has 2 aliphatic heterocycles. The largest absolute Gasteiger partial charge is 0.377 e. The molecule has 5 rings (SSSR count). The molecule has 2 aromatic heterocycles. The number of benzene rings is 1. The van der Waals surface area contributed by atoms with Gasteiger partial charge in [-0.05, 0) is 32.0 Å². The number of carbonyl (C=O) groups excluding carboxylic acids is 1. The fourth-order valence-corrected chi connectivity index (χ4v) is 5.16. The van der Waals surface area contributed by atoms with Crippen LogP contribution >= 0.6 is 11.6 Å². The topological polar surface area (TPSA) is 124 Å². The van der Waals surface area contributed by atoms with Gasteiger partial charge in [0.1, 0.15) is 11.6 Å². The molecule has 1 aromatic carbocycles. The summed E-state index contributed by atoms with van der Waals surface area (Å²) in [5.41, 5.74) is 7.97. The molecule has 11 heteroatoms. The van der Waals surface area contributed by atoms with Gasteiger partial charge in [-0.15, -0.1) is 0 Å². The number of nitrogens with two attached hydrogens (primary N) is 1. The molecular weight excluding hydrogens is 504 g/mol. The molecule has 0 bridgehead atoms. The number of nitriles is 1. The average molecular weight is 533 g/mol. The van der Waals surface area contributed by atoms with E-state index in [1.165, 1.54) is 6.20 Å². The van der Waals surface area contributed by atoms with Crippen molar-refractivity contribution in [2.45, 2.75) is 25.9 Å². The third-order valence-corrected chi connectivity index (χ3v) is 7.24. The molecule has 0 spiro atoms. The Morgan fingerprint density at radius 3 is 2.55 bits per heavy atom. The Hall–Kier alpha value is -3.94. The zero-order valence-electron chi connectivity index (χ0n) is 21.3. The van der Waals surface area contributed by atoms with Crippen LogP contribution in [0.15, 0.2) is 42.6 Å². The number of hydrogen-bond donors (Lipinski definition) is 1. The maximum Gasteiger partial charge on any atom is 0.250 e. The van der Waals surface area contributed by atoms with Gasteiger partial charge in [-0.25, -0.2) is 9.97 Å². The van der Waals surface area contributed by atoms with E-state index in [2.05, 4.69) is 39.6 Å². The number of anilines is 3. The average Bonchev–Trinajstić information content (AvgIpc) is 2.93. The van der Waals surface area contributed by atoms with Crippen LogP contribution < -0.4 is 20.4 Å². The molecule has 2 saturated heterocycles. The van der Waals surface area contributed by atoms with E-state index in [0.29, 0.717) is 61.7 Å². The van der Waals surface area contributed by atoms with Gasteiger partial charge in [0.15, 0.2) is 0 Å². The molecule has 38 heavy (non-hydrogen) atoms. The van der Waals surface area contributed by atoms with Crippen molar-refractivity contribution in [1.82, 2.24) is 15.0 Å². The number of halogens is 1. The Labute approximate surface area is 226 Å². The number of rotatable bonds is 5. The molecular formula is C27H29ClN8O2. The maximum absolute atomic E-state index is 11.5. The van der Waals surface area contributed by atoms with Crippen LogP contribution in [-0.2, 0) is 4.74 Å². The summed E-state index contributed by atoms with van der Waals surface area (Å²) in [6.45, 7) is 8.24. The first-order valence-electron chi connectivity index (χ1n) is 12.5. The van der Waals surface area contributed by atoms with E-state index < -0.39 is 5.91 Å². The van der Waals surface area contributed by atoms with Crippen LogP contribution in [0.25, 0.3) is 11.3 Å². The van der Waals surface area contributed by atoms with Crippen LogP contribution in [0.2, 0.25) is 5.02 Å². The van der Waals surface area contributed by atoms with Crippen molar-refractivity contribution in [2.24, 2.45) is 5.73 Å². The molecule has 2 N–H and O–H groups in total. The third kappa shape index (κ3) is 5.21. The minimum Gasteiger partial charge on any atom is -0.377 e. The number of hydrogen-bond acceptors (Lipinski definition) is 9. The minimum absolute atomic E-state index is 0.0936. The van der Waals surface area contributed by atoms with E-state index in [4.69, 9.17) is 32.0 Å². The summed E-state index contributed by atoms with van der Waals surface area (Å²) in [4.78, 5) is 32.4. The van der Waals surface area contributed by atoms with Gasteiger partial charge in [0, 0.05) is 50.0 Å². The van der Waals surface area contributed by atoms with Crippen molar-refractivity contribution < 1.29 is 9.53 Å². The van der Waals surface area contributed by atoms with Crippen LogP contribution in [0.5, 0.6) is 0 Å². The Morgan fingerprint density at radius 2 is 1.89 bits per heavy atom. The lowest BCUT2D eigenvalue weighted by atomic mass is 10.1. The minimum atomic E-state index is -0.559. The third-order valence-electron chi connectivity index (χ3n) is 6.96. The number of amides is 1. The van der Waals surface area contributed by atoms with Crippen LogP contribution in [0.4, 0.5) is 17.6 Å². The van der Waals surface area contributed by atoms with Crippen molar-refractivity contribution in [3.05, 3.63) is 58.7 Å². The highest BCUT2D eigenvalue weighted by molar-refractivity contribution is 6.33. The highest BCUT2D eigenvalue weighted by atomic mass is 35.5. The monoisotopic (exact) mass is 532 g/mol. The van der Waals surface area contributed by atoms with Crippen molar-refractivity contribution >= 4 is 35.1 Å². The fourth-order valence-electron chi connectivity index (χ4n) is 4.87. The smallest absolute Gasteiger partial charge is 0.250 e. The normalized spacial score (nSPS) is 19.8. The zero-order chi connectivity index (χ0) is 26.8. The summed E-state index contributed by atoms with van der Waals surface area (Å²) < 4.78 is 5.64. The van der Waals surface area contributed by atoms with Crippen LogP contribution in [-0.4, -0.2) is 72.3 Å². The van der Waals surface area contributed by atoms with E-state index in [-0.39, 0.29) is 17.6 Å². The molecule has 1 amide bonds. The summed E-state index contributed by atoms with van der Waals surface area (Å²) in [5.74, 6) is 1.57. The quantitative estimate of drug-likeness (QED) is 0.527. The van der Waals surface area contributed by atoms with Crippen molar-refractivity contribution in [3.63, 3.8) is 0 Å². The number of nitrogens with zero attached hydrogens (tertiary/aromatic N) is 7. The molecule has 4 heterocycles. The summed E-state index contributed by atoms with van der Waals surface area (Å²) in [5, 5.41) is 9.61. The van der Waals surface area contributed by atoms with Crippen molar-refractivity contribution in [3.8, 4) is 17.3 Å². The molecule has 2 unspecified atom stereocenters. The van der Waals surface area contributed by atoms with E-state index in [9.17, 15) is 10.1 Å². The summed E-state index contributed by atoms with van der Waals surface area (Å²) >= 11 is 6.46. The number of aromatic nitrogens is 3. The SMILES string of the molecule is CC1CN(c2ncc(C(N)=O)cc2Cl)CCN1c1cc(-c2ccc(C#N)cc2)nc(N2CCOCC2C)n1. The second-order valence-corrected chi connectivity index (χ2v) is 10.0. The number of morpholine rings is 1. The molecule has 2 fully saturated rings. The summed E-state index contributed by atoms with van der Waals surface area (Å²) in [6.07, 6.45) is 1.46. The van der Waals surface area contributed by atoms with Gasteiger partial charge in [0.25, 0.3) is 0 Å². The predicted molar refractivity (Wildman–Crippen MR) is 147 cm³/mol. The molecule has 0 aliphatic carbocycles. The molecule has 2 atom stereocenters. The van der Waals surface area contributed by atoms with Gasteiger partial charge < -0.3 is 25.2 Å². The first-order chi connectivity index (χ1) is 18.3. The molecule has 3 aromatic rings. The van der Waals surface area contributed by atoms with Gasteiger partial charge in [-0.1, -0.05) is 23.7 Å². The van der Waals surface area contributed by atoms with Gasteiger partial charge in [-0.2, -0.15) is 10.2 Å². The first kappa shape index (κ1) is 25.7. The number of pyridine rings is 1. The van der Waals surface area contributed by atoms with Crippen LogP contribution in [0.1, 0.15) is 29.8 Å². The number of carbonyl (C=O) groups is 1. The van der Waals surface area contributed by atoms with E-state index in [1.54, 1.807) is 18.2 Å². The van der Waals surface area contributed by atoms with Gasteiger partial charge in [0.05, 0.1) is 47.2 Å². The molecule has 10 nitrogen and oxygen atoms in total. The van der Waals surface area contributed by atoms with E-state index in [0.717, 1.165) is 17.1 Å². The standard InChI is InChI=1S/C27H29ClN8O2/c1-17-15-34(26-22(28)11-21(14-31-26)25(30)37)7-8-35(17)24-12-23(20-5-3-19(13-29)4-6-20)32-27(33-24)36-9-10-38-16-18(36)2/h3-6,11-12,14,17-18H,7-10,15-16H2,1-2H3,(H2,30,37). The fraction of sp³-hybridized carbons (Fsp3) is 0.370. The summed E-state index contributed by atoms with van der Waals surface area (Å²) in [6, 6.07) is 13.4. The molecule has 0 saturated carbocycles. The van der Waals surface area contributed by atoms with E-state index in [1.807, 2.05) is 18.2 Å². The predicted octanol–water partition coefficient (Wildman–Crippen LogP) is 3.10. The Balaban J connectivity index is 1.45. The lowest BCUT2D eigenvalue weighted by Crippen LogP contribution is -2.53. The zero-order valence-corrected chi connectivity index (χ0v) is 22.1. The maximum atomic E-state index is 11.5. The van der Waals surface area contributed by atoms with Gasteiger partial charge in [0.2, 0.25) is 11.9 Å². The van der Waals surface area contributed by atoms with Crippen LogP contribution in [0, 0.1) is 11.3 Å². The molecule has 0 radical (unpaired) electrons. The number of ether oxygens (including phenoxy) is 1. The molecule has 2 aliphatic rings. The van der Waals surface area contributed by atoms with Crippen molar-refractivity contribution in [1.29, 1.82) is 5.26 Å². The first-order valence-corrected chi connectivity index (χ1v) is 12.9. The Kier molecular flexibility index (Phi) is 7.31. The number of piperazine rings is 1. The Bertz CT molecular complexity index is 1380. The Morgan fingerprint density at radius 1 is 1.11 bits per heavy atom. The van der Waals surface area contributed by atoms with Gasteiger partial charge in [-0.3, -0.25) is 4.79 Å². The van der Waals surface area contributed by atoms with E-state index >= 15 is 0 Å². The summed E-state index contributed by atoms with van der Waals surface area (Å²) in [7, 11) is 0. The van der Waals surface area contributed by atoms with Gasteiger partial charge >= 0.3 is 0 Å². The second kappa shape index (κ2) is 10.8. The molecule has 196 valence electrons. The highest BCUT2D eigenvalue weighted by Gasteiger charge is 2.29. The second-order valence-electron chi connectivity index (χ2n) is 9.60. The lowest BCUT2D eigenvalue weighted by Gasteiger charge is -2.42. The van der Waals surface area contributed by atoms with Crippen LogP contribution in [0.3, 0.4) is 0 Å². The number of primary amides is 1. The lowest BCUT2D eigenvalue weighted by molar-refractivity contribution is 0.0981.